The van der Waals surface area contributed by atoms with Crippen molar-refractivity contribution in [3.8, 4) is 11.1 Å². The number of rotatable bonds is 12. The molecule has 0 spiro atoms. The van der Waals surface area contributed by atoms with Gasteiger partial charge in [-0.3, -0.25) is 9.59 Å². The van der Waals surface area contributed by atoms with Gasteiger partial charge in [0.25, 0.3) is 0 Å². The molecule has 0 fully saturated rings. The number of aliphatic carboxylic acids is 1. The zero-order chi connectivity index (χ0) is 25.4. The molecule has 2 aromatic carbocycles. The first kappa shape index (κ1) is 26.3. The number of carbonyl (C=O) groups excluding carboxylic acids is 2. The molecule has 0 bridgehead atoms. The minimum atomic E-state index is -0.819. The number of carboxylic acid groups (broad SMARTS) is 1. The zero-order valence-corrected chi connectivity index (χ0v) is 20.9. The van der Waals surface area contributed by atoms with Crippen molar-refractivity contribution in [3.05, 3.63) is 59.7 Å². The number of nitrogens with zero attached hydrogens (tertiary/aromatic N) is 1. The molecule has 1 aliphatic carbocycles. The fourth-order valence-corrected chi connectivity index (χ4v) is 4.59. The van der Waals surface area contributed by atoms with E-state index in [1.54, 1.807) is 4.90 Å². The van der Waals surface area contributed by atoms with Crippen LogP contribution in [-0.2, 0) is 14.3 Å². The highest BCUT2D eigenvalue weighted by molar-refractivity contribution is 5.79. The summed E-state index contributed by atoms with van der Waals surface area (Å²) < 4.78 is 5.64. The number of ether oxygens (including phenoxy) is 1. The van der Waals surface area contributed by atoms with Crippen LogP contribution in [0.4, 0.5) is 4.79 Å². The Hall–Kier alpha value is -3.35. The van der Waals surface area contributed by atoms with Crippen molar-refractivity contribution in [1.82, 2.24) is 10.2 Å². The molecule has 2 aromatic rings. The summed E-state index contributed by atoms with van der Waals surface area (Å²) in [4.78, 5) is 37.7. The van der Waals surface area contributed by atoms with Crippen LogP contribution < -0.4 is 5.32 Å². The van der Waals surface area contributed by atoms with Crippen LogP contribution in [-0.4, -0.2) is 53.2 Å². The lowest BCUT2D eigenvalue weighted by Crippen LogP contribution is -2.45. The Labute approximate surface area is 207 Å². The molecule has 7 heteroatoms. The van der Waals surface area contributed by atoms with Crippen LogP contribution in [0.5, 0.6) is 0 Å². The van der Waals surface area contributed by atoms with E-state index >= 15 is 0 Å². The highest BCUT2D eigenvalue weighted by Gasteiger charge is 2.30. The largest absolute Gasteiger partial charge is 0.481 e. The molecule has 0 aliphatic heterocycles. The highest BCUT2D eigenvalue weighted by Crippen LogP contribution is 2.44. The number of unbranched alkanes of at least 4 members (excludes halogenated alkanes) is 1. The number of benzene rings is 2. The number of hydrogen-bond acceptors (Lipinski definition) is 4. The van der Waals surface area contributed by atoms with E-state index in [4.69, 9.17) is 9.84 Å². The number of alkyl carbamates (subject to hydrolysis) is 1. The molecule has 0 saturated heterocycles. The number of hydrogen-bond donors (Lipinski definition) is 2. The standard InChI is InChI=1S/C28H36N2O5/c1-4-30(18-10-9-15-26(32)33)25(31)16-17-28(2,3)29-27(34)35-19-24-22-13-7-5-11-20(22)21-12-6-8-14-23(21)24/h5-8,11-14,24H,4,9-10,15-19H2,1-3H3,(H,29,34)(H,32,33). The Morgan fingerprint density at radius 1 is 0.971 bits per heavy atom. The second-order valence-corrected chi connectivity index (χ2v) is 9.66. The van der Waals surface area contributed by atoms with E-state index in [9.17, 15) is 14.4 Å². The van der Waals surface area contributed by atoms with Gasteiger partial charge in [-0.15, -0.1) is 0 Å². The average Bonchev–Trinajstić information content (AvgIpc) is 3.14. The van der Waals surface area contributed by atoms with Crippen molar-refractivity contribution in [2.45, 2.75) is 64.3 Å². The minimum absolute atomic E-state index is 0.00270. The van der Waals surface area contributed by atoms with Crippen molar-refractivity contribution < 1.29 is 24.2 Å². The molecular weight excluding hydrogens is 444 g/mol. The van der Waals surface area contributed by atoms with Gasteiger partial charge in [-0.05, 0) is 62.3 Å². The van der Waals surface area contributed by atoms with E-state index < -0.39 is 17.6 Å². The molecule has 1 aliphatic rings. The topological polar surface area (TPSA) is 95.9 Å². The van der Waals surface area contributed by atoms with E-state index in [1.807, 2.05) is 45.0 Å². The maximum absolute atomic E-state index is 12.6. The number of nitrogens with one attached hydrogen (secondary N) is 1. The normalized spacial score (nSPS) is 12.5. The first-order valence-corrected chi connectivity index (χ1v) is 12.3. The second kappa shape index (κ2) is 11.9. The molecule has 188 valence electrons. The molecule has 35 heavy (non-hydrogen) atoms. The molecule has 0 heterocycles. The Balaban J connectivity index is 1.48. The molecular formula is C28H36N2O5. The summed E-state index contributed by atoms with van der Waals surface area (Å²) in [6, 6.07) is 16.4. The van der Waals surface area contributed by atoms with Gasteiger partial charge in [0.15, 0.2) is 0 Å². The van der Waals surface area contributed by atoms with Crippen LogP contribution in [0, 0.1) is 0 Å². The lowest BCUT2D eigenvalue weighted by atomic mass is 9.97. The summed E-state index contributed by atoms with van der Waals surface area (Å²) in [5, 5.41) is 11.7. The lowest BCUT2D eigenvalue weighted by molar-refractivity contribution is -0.137. The van der Waals surface area contributed by atoms with Crippen LogP contribution in [0.3, 0.4) is 0 Å². The highest BCUT2D eigenvalue weighted by atomic mass is 16.5. The van der Waals surface area contributed by atoms with Gasteiger partial charge in [0.05, 0.1) is 0 Å². The number of carbonyl (C=O) groups is 3. The van der Waals surface area contributed by atoms with Gasteiger partial charge in [-0.25, -0.2) is 4.79 Å². The van der Waals surface area contributed by atoms with Gasteiger partial charge < -0.3 is 20.1 Å². The number of fused-ring (bicyclic) bond motifs is 3. The predicted octanol–water partition coefficient (Wildman–Crippen LogP) is 5.19. The summed E-state index contributed by atoms with van der Waals surface area (Å²) in [5.74, 6) is -0.817. The van der Waals surface area contributed by atoms with Gasteiger partial charge in [0, 0.05) is 37.4 Å². The predicted molar refractivity (Wildman–Crippen MR) is 135 cm³/mol. The second-order valence-electron chi connectivity index (χ2n) is 9.66. The Morgan fingerprint density at radius 2 is 1.57 bits per heavy atom. The maximum Gasteiger partial charge on any atom is 0.407 e. The fourth-order valence-electron chi connectivity index (χ4n) is 4.59. The quantitative estimate of drug-likeness (QED) is 0.408. The van der Waals surface area contributed by atoms with E-state index in [2.05, 4.69) is 29.6 Å². The summed E-state index contributed by atoms with van der Waals surface area (Å²) in [6.45, 7) is 7.04. The third kappa shape index (κ3) is 7.07. The third-order valence-corrected chi connectivity index (χ3v) is 6.55. The van der Waals surface area contributed by atoms with Gasteiger partial charge in [0.2, 0.25) is 5.91 Å². The Bertz CT molecular complexity index is 1000. The van der Waals surface area contributed by atoms with E-state index in [0.717, 1.165) is 11.1 Å². The van der Waals surface area contributed by atoms with Crippen LogP contribution in [0.1, 0.15) is 69.9 Å². The van der Waals surface area contributed by atoms with Crippen molar-refractivity contribution in [2.24, 2.45) is 0 Å². The van der Waals surface area contributed by atoms with Crippen molar-refractivity contribution in [1.29, 1.82) is 0 Å². The van der Waals surface area contributed by atoms with Crippen LogP contribution in [0.25, 0.3) is 11.1 Å². The zero-order valence-electron chi connectivity index (χ0n) is 20.9. The van der Waals surface area contributed by atoms with Gasteiger partial charge in [0.1, 0.15) is 6.61 Å². The smallest absolute Gasteiger partial charge is 0.407 e. The molecule has 0 aromatic heterocycles. The minimum Gasteiger partial charge on any atom is -0.481 e. The average molecular weight is 481 g/mol. The molecule has 0 unspecified atom stereocenters. The summed E-state index contributed by atoms with van der Waals surface area (Å²) in [5.41, 5.74) is 4.07. The van der Waals surface area contributed by atoms with Gasteiger partial charge >= 0.3 is 12.1 Å². The lowest BCUT2D eigenvalue weighted by Gasteiger charge is -2.28. The van der Waals surface area contributed by atoms with E-state index in [-0.39, 0.29) is 24.9 Å². The number of carboxylic acids is 1. The molecule has 2 amide bonds. The van der Waals surface area contributed by atoms with Crippen LogP contribution in [0.15, 0.2) is 48.5 Å². The van der Waals surface area contributed by atoms with E-state index in [1.165, 1.54) is 11.1 Å². The maximum atomic E-state index is 12.6. The Kier molecular flexibility index (Phi) is 8.90. The van der Waals surface area contributed by atoms with Crippen LogP contribution >= 0.6 is 0 Å². The first-order valence-electron chi connectivity index (χ1n) is 12.3. The van der Waals surface area contributed by atoms with Gasteiger partial charge in [-0.2, -0.15) is 0 Å². The Morgan fingerprint density at radius 3 is 2.14 bits per heavy atom. The van der Waals surface area contributed by atoms with Crippen molar-refractivity contribution in [3.63, 3.8) is 0 Å². The van der Waals surface area contributed by atoms with Gasteiger partial charge in [-0.1, -0.05) is 48.5 Å². The van der Waals surface area contributed by atoms with Crippen molar-refractivity contribution >= 4 is 18.0 Å². The van der Waals surface area contributed by atoms with Crippen LogP contribution in [0.2, 0.25) is 0 Å². The fraction of sp³-hybridized carbons (Fsp3) is 0.464. The van der Waals surface area contributed by atoms with Crippen molar-refractivity contribution in [2.75, 3.05) is 19.7 Å². The number of amides is 2. The summed E-state index contributed by atoms with van der Waals surface area (Å²) in [7, 11) is 0. The molecule has 3 rings (SSSR count). The molecule has 0 radical (unpaired) electrons. The first-order chi connectivity index (χ1) is 16.7. The molecule has 0 saturated carbocycles. The molecule has 0 atom stereocenters. The molecule has 2 N–H and O–H groups in total. The van der Waals surface area contributed by atoms with E-state index in [0.29, 0.717) is 38.8 Å². The third-order valence-electron chi connectivity index (χ3n) is 6.55. The summed E-state index contributed by atoms with van der Waals surface area (Å²) >= 11 is 0. The summed E-state index contributed by atoms with van der Waals surface area (Å²) in [6.07, 6.45) is 1.60. The monoisotopic (exact) mass is 480 g/mol. The molecule has 7 nitrogen and oxygen atoms in total. The SMILES string of the molecule is CCN(CCCCC(=O)O)C(=O)CCC(C)(C)NC(=O)OCC1c2ccccc2-c2ccccc21.